The Kier molecular flexibility index (Phi) is 8.59. The molecule has 0 aliphatic carbocycles. The van der Waals surface area contributed by atoms with Gasteiger partial charge in [-0.3, -0.25) is 0 Å². The molecule has 0 fully saturated rings. The van der Waals surface area contributed by atoms with E-state index in [9.17, 15) is 10.2 Å². The van der Waals surface area contributed by atoms with E-state index in [4.69, 9.17) is 28.2 Å². The fourth-order valence-corrected chi connectivity index (χ4v) is 4.96. The lowest BCUT2D eigenvalue weighted by atomic mass is 10.1. The molecule has 4 nitrogen and oxygen atoms in total. The Morgan fingerprint density at radius 3 is 2.14 bits per heavy atom. The maximum absolute atomic E-state index is 9.90. The molecular formula is C28H24Cl2N2O2S. The fraction of sp³-hybridized carbons (Fsp3) is 0.107. The standard InChI is InChI=1S/C28H24Cl2N2O2S/c29-22-16-23(30)18-24(17-22)31-28(35-27-7-2-1-3-8-27)32(19-21-9-11-25(33)12-10-21)14-13-20-5-4-6-26(34)15-20/h1-12,15-18,33-34H,13-14,19H2. The number of aromatic hydroxyl groups is 2. The molecule has 0 heterocycles. The van der Waals surface area contributed by atoms with Crippen LogP contribution in [0, 0.1) is 0 Å². The summed E-state index contributed by atoms with van der Waals surface area (Å²) in [5.41, 5.74) is 2.72. The molecule has 0 amide bonds. The number of phenolic OH excluding ortho intramolecular Hbond substituents is 2. The number of hydrogen-bond acceptors (Lipinski definition) is 4. The van der Waals surface area contributed by atoms with Gasteiger partial charge in [-0.1, -0.05) is 77.4 Å². The van der Waals surface area contributed by atoms with Gasteiger partial charge >= 0.3 is 0 Å². The van der Waals surface area contributed by atoms with Gasteiger partial charge in [0.1, 0.15) is 11.5 Å². The van der Waals surface area contributed by atoms with Crippen molar-refractivity contribution in [3.63, 3.8) is 0 Å². The van der Waals surface area contributed by atoms with E-state index in [1.54, 1.807) is 54.2 Å². The van der Waals surface area contributed by atoms with Crippen LogP contribution in [0.5, 0.6) is 11.5 Å². The molecule has 0 unspecified atom stereocenters. The van der Waals surface area contributed by atoms with E-state index >= 15 is 0 Å². The molecule has 0 aliphatic heterocycles. The van der Waals surface area contributed by atoms with Crippen molar-refractivity contribution in [2.24, 2.45) is 4.99 Å². The first-order chi connectivity index (χ1) is 16.9. The molecule has 0 saturated carbocycles. The van der Waals surface area contributed by atoms with Gasteiger partial charge in [-0.05, 0) is 72.1 Å². The summed E-state index contributed by atoms with van der Waals surface area (Å²) < 4.78 is 0. The summed E-state index contributed by atoms with van der Waals surface area (Å²) in [5, 5.41) is 21.4. The third-order valence-electron chi connectivity index (χ3n) is 5.19. The summed E-state index contributed by atoms with van der Waals surface area (Å²) in [6.07, 6.45) is 0.706. The number of thioether (sulfide) groups is 1. The highest BCUT2D eigenvalue weighted by Crippen LogP contribution is 2.30. The van der Waals surface area contributed by atoms with Gasteiger partial charge in [0.05, 0.1) is 5.69 Å². The number of hydrogen-bond donors (Lipinski definition) is 2. The van der Waals surface area contributed by atoms with E-state index in [2.05, 4.69) is 4.90 Å². The number of nitrogens with zero attached hydrogens (tertiary/aromatic N) is 2. The maximum Gasteiger partial charge on any atom is 0.169 e. The zero-order valence-corrected chi connectivity index (χ0v) is 21.1. The predicted molar refractivity (Wildman–Crippen MR) is 146 cm³/mol. The van der Waals surface area contributed by atoms with Crippen molar-refractivity contribution in [1.82, 2.24) is 4.90 Å². The highest BCUT2D eigenvalue weighted by molar-refractivity contribution is 8.13. The van der Waals surface area contributed by atoms with Crippen molar-refractivity contribution in [2.45, 2.75) is 17.9 Å². The number of rotatable bonds is 7. The molecule has 0 radical (unpaired) electrons. The van der Waals surface area contributed by atoms with E-state index in [-0.39, 0.29) is 11.5 Å². The molecule has 4 rings (SSSR count). The summed E-state index contributed by atoms with van der Waals surface area (Å²) in [5.74, 6) is 0.467. The first-order valence-electron chi connectivity index (χ1n) is 11.0. The Bertz CT molecular complexity index is 1280. The van der Waals surface area contributed by atoms with Crippen LogP contribution < -0.4 is 0 Å². The highest BCUT2D eigenvalue weighted by atomic mass is 35.5. The van der Waals surface area contributed by atoms with Crippen molar-refractivity contribution in [2.75, 3.05) is 6.54 Å². The second kappa shape index (κ2) is 12.0. The monoisotopic (exact) mass is 522 g/mol. The van der Waals surface area contributed by atoms with Crippen LogP contribution in [0.1, 0.15) is 11.1 Å². The van der Waals surface area contributed by atoms with Gasteiger partial charge in [-0.15, -0.1) is 0 Å². The van der Waals surface area contributed by atoms with Gasteiger partial charge in [-0.25, -0.2) is 4.99 Å². The zero-order chi connectivity index (χ0) is 24.6. The first-order valence-corrected chi connectivity index (χ1v) is 12.6. The summed E-state index contributed by atoms with van der Waals surface area (Å²) in [7, 11) is 0. The molecule has 2 N–H and O–H groups in total. The van der Waals surface area contributed by atoms with E-state index in [1.165, 1.54) is 0 Å². The summed E-state index contributed by atoms with van der Waals surface area (Å²) in [6, 6.07) is 29.7. The quantitative estimate of drug-likeness (QED) is 0.147. The van der Waals surface area contributed by atoms with Gasteiger partial charge < -0.3 is 15.1 Å². The second-order valence-corrected chi connectivity index (χ2v) is 9.86. The van der Waals surface area contributed by atoms with Gasteiger partial charge in [-0.2, -0.15) is 0 Å². The molecule has 4 aromatic carbocycles. The molecule has 7 heteroatoms. The minimum Gasteiger partial charge on any atom is -0.508 e. The van der Waals surface area contributed by atoms with Crippen LogP contribution >= 0.6 is 35.0 Å². The van der Waals surface area contributed by atoms with Gasteiger partial charge in [0, 0.05) is 28.0 Å². The minimum atomic E-state index is 0.223. The van der Waals surface area contributed by atoms with Crippen LogP contribution in [0.4, 0.5) is 5.69 Å². The van der Waals surface area contributed by atoms with Crippen LogP contribution in [0.25, 0.3) is 0 Å². The average molecular weight is 523 g/mol. The lowest BCUT2D eigenvalue weighted by Crippen LogP contribution is -2.30. The molecule has 0 aliphatic rings. The Labute approximate surface area is 219 Å². The molecular weight excluding hydrogens is 499 g/mol. The molecule has 0 aromatic heterocycles. The van der Waals surface area contributed by atoms with Crippen LogP contribution in [-0.2, 0) is 13.0 Å². The topological polar surface area (TPSA) is 56.1 Å². The largest absolute Gasteiger partial charge is 0.508 e. The Hall–Kier alpha value is -3.12. The van der Waals surface area contributed by atoms with Crippen LogP contribution in [0.15, 0.2) is 107 Å². The molecule has 0 atom stereocenters. The van der Waals surface area contributed by atoms with Gasteiger partial charge in [0.15, 0.2) is 5.17 Å². The Morgan fingerprint density at radius 1 is 0.743 bits per heavy atom. The summed E-state index contributed by atoms with van der Waals surface area (Å²) >= 11 is 14.1. The number of halogens is 2. The lowest BCUT2D eigenvalue weighted by molar-refractivity contribution is 0.423. The van der Waals surface area contributed by atoms with Gasteiger partial charge in [0.2, 0.25) is 0 Å². The van der Waals surface area contributed by atoms with Crippen LogP contribution in [0.3, 0.4) is 0 Å². The molecule has 0 saturated heterocycles. The first kappa shape index (κ1) is 25.0. The lowest BCUT2D eigenvalue weighted by Gasteiger charge is -2.26. The van der Waals surface area contributed by atoms with E-state index in [0.29, 0.717) is 35.2 Å². The van der Waals surface area contributed by atoms with Crippen molar-refractivity contribution >= 4 is 45.8 Å². The normalized spacial score (nSPS) is 11.4. The highest BCUT2D eigenvalue weighted by Gasteiger charge is 2.16. The number of amidine groups is 1. The maximum atomic E-state index is 9.90. The third kappa shape index (κ3) is 7.69. The van der Waals surface area contributed by atoms with Gasteiger partial charge in [0.25, 0.3) is 0 Å². The van der Waals surface area contributed by atoms with Crippen molar-refractivity contribution in [3.05, 3.63) is 118 Å². The smallest absolute Gasteiger partial charge is 0.169 e. The number of aliphatic imine (C=N–C) groups is 1. The van der Waals surface area contributed by atoms with Crippen molar-refractivity contribution in [3.8, 4) is 11.5 Å². The molecule has 0 spiro atoms. The number of phenols is 2. The van der Waals surface area contributed by atoms with Crippen molar-refractivity contribution < 1.29 is 10.2 Å². The zero-order valence-electron chi connectivity index (χ0n) is 18.8. The van der Waals surface area contributed by atoms with Crippen LogP contribution in [0.2, 0.25) is 10.0 Å². The third-order valence-corrected chi connectivity index (χ3v) is 6.66. The fourth-order valence-electron chi connectivity index (χ4n) is 3.51. The van der Waals surface area contributed by atoms with E-state index < -0.39 is 0 Å². The van der Waals surface area contributed by atoms with Crippen LogP contribution in [-0.4, -0.2) is 26.8 Å². The minimum absolute atomic E-state index is 0.223. The average Bonchev–Trinajstić information content (AvgIpc) is 2.83. The molecule has 0 bridgehead atoms. The molecule has 4 aromatic rings. The summed E-state index contributed by atoms with van der Waals surface area (Å²) in [4.78, 5) is 8.19. The molecule has 35 heavy (non-hydrogen) atoms. The number of benzene rings is 4. The van der Waals surface area contributed by atoms with E-state index in [1.807, 2.05) is 54.6 Å². The predicted octanol–water partition coefficient (Wildman–Crippen LogP) is 7.93. The summed E-state index contributed by atoms with van der Waals surface area (Å²) in [6.45, 7) is 1.23. The Balaban J connectivity index is 1.71. The second-order valence-electron chi connectivity index (χ2n) is 7.95. The molecule has 178 valence electrons. The van der Waals surface area contributed by atoms with E-state index in [0.717, 1.165) is 21.2 Å². The SMILES string of the molecule is Oc1ccc(CN(CCc2cccc(O)c2)C(=Nc2cc(Cl)cc(Cl)c2)Sc2ccccc2)cc1. The van der Waals surface area contributed by atoms with Crippen molar-refractivity contribution in [1.29, 1.82) is 0 Å². The Morgan fingerprint density at radius 2 is 1.46 bits per heavy atom.